The van der Waals surface area contributed by atoms with Crippen molar-refractivity contribution in [1.29, 1.82) is 0 Å². The van der Waals surface area contributed by atoms with E-state index in [2.05, 4.69) is 4.74 Å². The zero-order chi connectivity index (χ0) is 8.27. The lowest BCUT2D eigenvalue weighted by Gasteiger charge is -2.12. The van der Waals surface area contributed by atoms with E-state index in [0.29, 0.717) is 13.0 Å². The summed E-state index contributed by atoms with van der Waals surface area (Å²) in [5, 5.41) is 9.19. The van der Waals surface area contributed by atoms with Gasteiger partial charge in [-0.25, -0.2) is 0 Å². The number of hydrogen-bond acceptors (Lipinski definition) is 4. The van der Waals surface area contributed by atoms with E-state index >= 15 is 0 Å². The van der Waals surface area contributed by atoms with E-state index in [1.54, 1.807) is 0 Å². The first-order valence-corrected chi connectivity index (χ1v) is 3.63. The molecule has 11 heavy (non-hydrogen) atoms. The van der Waals surface area contributed by atoms with Gasteiger partial charge >= 0.3 is 5.97 Å². The third-order valence-corrected chi connectivity index (χ3v) is 1.63. The van der Waals surface area contributed by atoms with Crippen LogP contribution in [0.1, 0.15) is 13.3 Å². The molecular formula is C7H12O4. The van der Waals surface area contributed by atoms with Gasteiger partial charge in [-0.15, -0.1) is 0 Å². The molecule has 4 nitrogen and oxygen atoms in total. The SMILES string of the molecule is CC(=O)OCC1OCCC1O. The minimum Gasteiger partial charge on any atom is -0.463 e. The number of ether oxygens (including phenoxy) is 2. The largest absolute Gasteiger partial charge is 0.463 e. The summed E-state index contributed by atoms with van der Waals surface area (Å²) >= 11 is 0. The van der Waals surface area contributed by atoms with Gasteiger partial charge in [-0.3, -0.25) is 4.79 Å². The van der Waals surface area contributed by atoms with Gasteiger partial charge in [0.25, 0.3) is 0 Å². The van der Waals surface area contributed by atoms with Crippen molar-refractivity contribution in [3.63, 3.8) is 0 Å². The summed E-state index contributed by atoms with van der Waals surface area (Å²) < 4.78 is 9.76. The number of aliphatic hydroxyl groups excluding tert-OH is 1. The Labute approximate surface area is 65.1 Å². The van der Waals surface area contributed by atoms with Crippen molar-refractivity contribution in [2.24, 2.45) is 0 Å². The average Bonchev–Trinajstić information content (AvgIpc) is 2.31. The number of carbonyl (C=O) groups excluding carboxylic acids is 1. The molecule has 0 spiro atoms. The molecule has 0 saturated carbocycles. The predicted molar refractivity (Wildman–Crippen MR) is 37.0 cm³/mol. The second-order valence-corrected chi connectivity index (χ2v) is 2.57. The van der Waals surface area contributed by atoms with Crippen LogP contribution in [0.25, 0.3) is 0 Å². The van der Waals surface area contributed by atoms with Crippen LogP contribution in [0.15, 0.2) is 0 Å². The minimum atomic E-state index is -0.477. The molecule has 0 aromatic heterocycles. The highest BCUT2D eigenvalue weighted by Crippen LogP contribution is 2.13. The number of esters is 1. The number of hydrogen-bond donors (Lipinski definition) is 1. The van der Waals surface area contributed by atoms with E-state index < -0.39 is 6.10 Å². The van der Waals surface area contributed by atoms with Crippen molar-refractivity contribution in [2.45, 2.75) is 25.6 Å². The van der Waals surface area contributed by atoms with Gasteiger partial charge in [0.05, 0.1) is 6.10 Å². The van der Waals surface area contributed by atoms with Crippen molar-refractivity contribution in [3.05, 3.63) is 0 Å². The molecule has 0 aromatic rings. The summed E-state index contributed by atoms with van der Waals surface area (Å²) in [5.74, 6) is -0.340. The zero-order valence-electron chi connectivity index (χ0n) is 6.45. The van der Waals surface area contributed by atoms with Gasteiger partial charge in [0.2, 0.25) is 0 Å². The first-order valence-electron chi connectivity index (χ1n) is 3.63. The summed E-state index contributed by atoms with van der Waals surface area (Å²) in [6.45, 7) is 2.05. The Morgan fingerprint density at radius 3 is 3.00 bits per heavy atom. The van der Waals surface area contributed by atoms with Crippen molar-refractivity contribution in [1.82, 2.24) is 0 Å². The fourth-order valence-electron chi connectivity index (χ4n) is 0.996. The predicted octanol–water partition coefficient (Wildman–Crippen LogP) is -0.301. The molecule has 1 saturated heterocycles. The first kappa shape index (κ1) is 8.49. The molecule has 2 atom stereocenters. The van der Waals surface area contributed by atoms with Crippen LogP contribution in [-0.2, 0) is 14.3 Å². The second-order valence-electron chi connectivity index (χ2n) is 2.57. The first-order chi connectivity index (χ1) is 5.20. The number of carbonyl (C=O) groups is 1. The molecule has 0 radical (unpaired) electrons. The minimum absolute atomic E-state index is 0.163. The molecule has 1 aliphatic rings. The molecule has 4 heteroatoms. The van der Waals surface area contributed by atoms with E-state index in [1.165, 1.54) is 6.92 Å². The Hall–Kier alpha value is -0.610. The van der Waals surface area contributed by atoms with Gasteiger partial charge in [-0.2, -0.15) is 0 Å². The van der Waals surface area contributed by atoms with Crippen LogP contribution < -0.4 is 0 Å². The molecule has 0 aliphatic carbocycles. The molecule has 1 rings (SSSR count). The quantitative estimate of drug-likeness (QED) is 0.563. The lowest BCUT2D eigenvalue weighted by Crippen LogP contribution is -2.27. The fourth-order valence-corrected chi connectivity index (χ4v) is 0.996. The maximum absolute atomic E-state index is 10.3. The summed E-state index contributed by atoms with van der Waals surface area (Å²) in [7, 11) is 0. The Bertz CT molecular complexity index is 145. The van der Waals surface area contributed by atoms with E-state index in [4.69, 9.17) is 4.74 Å². The van der Waals surface area contributed by atoms with Gasteiger partial charge in [-0.1, -0.05) is 0 Å². The standard InChI is InChI=1S/C7H12O4/c1-5(8)11-4-7-6(9)2-3-10-7/h6-7,9H,2-4H2,1H3. The van der Waals surface area contributed by atoms with Crippen LogP contribution in [0, 0.1) is 0 Å². The second kappa shape index (κ2) is 3.69. The van der Waals surface area contributed by atoms with Gasteiger partial charge in [-0.05, 0) is 6.42 Å². The Morgan fingerprint density at radius 2 is 2.55 bits per heavy atom. The van der Waals surface area contributed by atoms with Crippen LogP contribution >= 0.6 is 0 Å². The smallest absolute Gasteiger partial charge is 0.302 e. The molecule has 0 amide bonds. The van der Waals surface area contributed by atoms with Crippen molar-refractivity contribution >= 4 is 5.97 Å². The zero-order valence-corrected chi connectivity index (χ0v) is 6.45. The normalized spacial score (nSPS) is 30.4. The monoisotopic (exact) mass is 160 g/mol. The maximum Gasteiger partial charge on any atom is 0.302 e. The highest BCUT2D eigenvalue weighted by molar-refractivity contribution is 5.65. The van der Waals surface area contributed by atoms with Crippen molar-refractivity contribution in [3.8, 4) is 0 Å². The average molecular weight is 160 g/mol. The fraction of sp³-hybridized carbons (Fsp3) is 0.857. The molecule has 64 valence electrons. The van der Waals surface area contributed by atoms with Crippen LogP contribution in [-0.4, -0.2) is 36.5 Å². The van der Waals surface area contributed by atoms with E-state index in [9.17, 15) is 9.90 Å². The molecule has 0 aromatic carbocycles. The Balaban J connectivity index is 2.20. The van der Waals surface area contributed by atoms with Crippen LogP contribution in [0.3, 0.4) is 0 Å². The topological polar surface area (TPSA) is 55.8 Å². The van der Waals surface area contributed by atoms with E-state index in [-0.39, 0.29) is 18.7 Å². The van der Waals surface area contributed by atoms with E-state index in [1.807, 2.05) is 0 Å². The molecule has 2 unspecified atom stereocenters. The van der Waals surface area contributed by atoms with Crippen LogP contribution in [0.2, 0.25) is 0 Å². The lowest BCUT2D eigenvalue weighted by molar-refractivity contribution is -0.145. The molecular weight excluding hydrogens is 148 g/mol. The third kappa shape index (κ3) is 2.48. The summed E-state index contributed by atoms with van der Waals surface area (Å²) in [5.41, 5.74) is 0. The van der Waals surface area contributed by atoms with E-state index in [0.717, 1.165) is 0 Å². The number of aliphatic hydroxyl groups is 1. The molecule has 0 bridgehead atoms. The summed E-state index contributed by atoms with van der Waals surface area (Å²) in [6.07, 6.45) is -0.167. The third-order valence-electron chi connectivity index (χ3n) is 1.63. The summed E-state index contributed by atoms with van der Waals surface area (Å²) in [4.78, 5) is 10.3. The molecule has 1 N–H and O–H groups in total. The van der Waals surface area contributed by atoms with Gasteiger partial charge < -0.3 is 14.6 Å². The van der Waals surface area contributed by atoms with Crippen molar-refractivity contribution < 1.29 is 19.4 Å². The Kier molecular flexibility index (Phi) is 2.84. The Morgan fingerprint density at radius 1 is 1.82 bits per heavy atom. The van der Waals surface area contributed by atoms with Crippen LogP contribution in [0.4, 0.5) is 0 Å². The molecule has 1 fully saturated rings. The highest BCUT2D eigenvalue weighted by Gasteiger charge is 2.26. The highest BCUT2D eigenvalue weighted by atomic mass is 16.6. The lowest BCUT2D eigenvalue weighted by atomic mass is 10.2. The van der Waals surface area contributed by atoms with Gasteiger partial charge in [0.1, 0.15) is 12.7 Å². The summed E-state index contributed by atoms with van der Waals surface area (Å²) in [6, 6.07) is 0. The van der Waals surface area contributed by atoms with Crippen molar-refractivity contribution in [2.75, 3.05) is 13.2 Å². The molecule has 1 aliphatic heterocycles. The van der Waals surface area contributed by atoms with Gasteiger partial charge in [0.15, 0.2) is 0 Å². The van der Waals surface area contributed by atoms with Crippen LogP contribution in [0.5, 0.6) is 0 Å². The molecule has 1 heterocycles. The number of rotatable bonds is 2. The maximum atomic E-state index is 10.3. The van der Waals surface area contributed by atoms with Gasteiger partial charge in [0, 0.05) is 13.5 Å².